The summed E-state index contributed by atoms with van der Waals surface area (Å²) < 4.78 is 2.04. The first kappa shape index (κ1) is 17.8. The van der Waals surface area contributed by atoms with Gasteiger partial charge in [-0.05, 0) is 41.3 Å². The number of carbonyl (C=O) groups excluding carboxylic acids is 1. The second-order valence-electron chi connectivity index (χ2n) is 5.93. The van der Waals surface area contributed by atoms with E-state index in [0.717, 1.165) is 38.9 Å². The first-order chi connectivity index (χ1) is 13.2. The largest absolute Gasteiger partial charge is 0.325 e. The molecule has 136 valence electrons. The summed E-state index contributed by atoms with van der Waals surface area (Å²) in [5.41, 5.74) is 0.801. The Balaban J connectivity index is 1.43. The van der Waals surface area contributed by atoms with Crippen LogP contribution in [-0.4, -0.2) is 26.4 Å². The molecule has 0 bridgehead atoms. The van der Waals surface area contributed by atoms with Gasteiger partial charge in [-0.15, -0.1) is 21.5 Å². The van der Waals surface area contributed by atoms with Crippen LogP contribution in [0.2, 0.25) is 0 Å². The third kappa shape index (κ3) is 3.89. The molecule has 0 saturated carbocycles. The van der Waals surface area contributed by atoms with Crippen LogP contribution in [0.1, 0.15) is 6.92 Å². The van der Waals surface area contributed by atoms with Crippen LogP contribution in [0.3, 0.4) is 0 Å². The number of aromatic nitrogens is 3. The quantitative estimate of drug-likeness (QED) is 0.472. The summed E-state index contributed by atoms with van der Waals surface area (Å²) in [5.74, 6) is 1.08. The van der Waals surface area contributed by atoms with E-state index in [1.807, 2.05) is 58.5 Å². The fraction of sp³-hybridized carbons (Fsp3) is 0.150. The number of carbonyl (C=O) groups is 1. The van der Waals surface area contributed by atoms with Gasteiger partial charge in [-0.25, -0.2) is 0 Å². The fourth-order valence-corrected chi connectivity index (χ4v) is 4.38. The predicted octanol–water partition coefficient (Wildman–Crippen LogP) is 4.91. The molecule has 0 atom stereocenters. The van der Waals surface area contributed by atoms with Gasteiger partial charge in [0, 0.05) is 12.2 Å². The summed E-state index contributed by atoms with van der Waals surface area (Å²) in [6, 6.07) is 18.0. The summed E-state index contributed by atoms with van der Waals surface area (Å²) in [5, 5.41) is 16.6. The monoisotopic (exact) mass is 394 g/mol. The molecule has 2 aromatic carbocycles. The third-order valence-electron chi connectivity index (χ3n) is 4.14. The van der Waals surface area contributed by atoms with Crippen molar-refractivity contribution in [2.45, 2.75) is 18.6 Å². The molecule has 0 aliphatic carbocycles. The van der Waals surface area contributed by atoms with Crippen LogP contribution in [0.25, 0.3) is 21.5 Å². The molecule has 0 spiro atoms. The molecule has 1 amide bonds. The van der Waals surface area contributed by atoms with Gasteiger partial charge in [0.2, 0.25) is 5.91 Å². The molecule has 7 heteroatoms. The van der Waals surface area contributed by atoms with E-state index in [4.69, 9.17) is 0 Å². The van der Waals surface area contributed by atoms with E-state index in [0.29, 0.717) is 0 Å². The van der Waals surface area contributed by atoms with Crippen LogP contribution in [0.4, 0.5) is 5.69 Å². The van der Waals surface area contributed by atoms with E-state index in [1.54, 1.807) is 11.3 Å². The Labute approximate surface area is 165 Å². The van der Waals surface area contributed by atoms with Gasteiger partial charge in [0.15, 0.2) is 11.0 Å². The zero-order valence-corrected chi connectivity index (χ0v) is 16.4. The fourth-order valence-electron chi connectivity index (χ4n) is 2.86. The number of anilines is 1. The smallest absolute Gasteiger partial charge is 0.234 e. The van der Waals surface area contributed by atoms with Crippen molar-refractivity contribution in [3.05, 3.63) is 60.0 Å². The number of amides is 1. The lowest BCUT2D eigenvalue weighted by Gasteiger charge is -2.08. The molecule has 0 unspecified atom stereocenters. The Kier molecular flexibility index (Phi) is 5.22. The van der Waals surface area contributed by atoms with Crippen molar-refractivity contribution >= 4 is 45.5 Å². The lowest BCUT2D eigenvalue weighted by atomic mass is 10.1. The Bertz CT molecular complexity index is 1070. The summed E-state index contributed by atoms with van der Waals surface area (Å²) in [4.78, 5) is 13.5. The SMILES string of the molecule is CCn1c(SCC(=O)Nc2ccc3ccccc3c2)nnc1-c1cccs1. The van der Waals surface area contributed by atoms with Crippen molar-refractivity contribution in [2.75, 3.05) is 11.1 Å². The van der Waals surface area contributed by atoms with Gasteiger partial charge in [-0.3, -0.25) is 4.79 Å². The van der Waals surface area contributed by atoms with Crippen molar-refractivity contribution in [3.8, 4) is 10.7 Å². The lowest BCUT2D eigenvalue weighted by molar-refractivity contribution is -0.113. The van der Waals surface area contributed by atoms with E-state index < -0.39 is 0 Å². The van der Waals surface area contributed by atoms with Crippen LogP contribution < -0.4 is 5.32 Å². The molecule has 0 saturated heterocycles. The lowest BCUT2D eigenvalue weighted by Crippen LogP contribution is -2.14. The molecule has 5 nitrogen and oxygen atoms in total. The van der Waals surface area contributed by atoms with E-state index in [2.05, 4.69) is 28.5 Å². The minimum Gasteiger partial charge on any atom is -0.325 e. The van der Waals surface area contributed by atoms with E-state index in [-0.39, 0.29) is 11.7 Å². The Morgan fingerprint density at radius 3 is 2.74 bits per heavy atom. The number of nitrogens with zero attached hydrogens (tertiary/aromatic N) is 3. The average Bonchev–Trinajstić information content (AvgIpc) is 3.35. The highest BCUT2D eigenvalue weighted by atomic mass is 32.2. The standard InChI is InChI=1S/C20H18N4OS2/c1-2-24-19(17-8-5-11-26-17)22-23-20(24)27-13-18(25)21-16-10-9-14-6-3-4-7-15(14)12-16/h3-12H,2,13H2,1H3,(H,21,25). The van der Waals surface area contributed by atoms with Crippen LogP contribution >= 0.6 is 23.1 Å². The van der Waals surface area contributed by atoms with E-state index >= 15 is 0 Å². The van der Waals surface area contributed by atoms with Gasteiger partial charge in [-0.2, -0.15) is 0 Å². The van der Waals surface area contributed by atoms with Gasteiger partial charge < -0.3 is 9.88 Å². The zero-order chi connectivity index (χ0) is 18.6. The molecule has 0 aliphatic rings. The number of rotatable bonds is 6. The summed E-state index contributed by atoms with van der Waals surface area (Å²) in [6.45, 7) is 2.81. The predicted molar refractivity (Wildman–Crippen MR) is 112 cm³/mol. The van der Waals surface area contributed by atoms with Gasteiger partial charge >= 0.3 is 0 Å². The zero-order valence-electron chi connectivity index (χ0n) is 14.8. The average molecular weight is 395 g/mol. The molecule has 0 aliphatic heterocycles. The third-order valence-corrected chi connectivity index (χ3v) is 5.97. The molecule has 27 heavy (non-hydrogen) atoms. The Morgan fingerprint density at radius 1 is 1.11 bits per heavy atom. The topological polar surface area (TPSA) is 59.8 Å². The molecule has 4 rings (SSSR count). The number of fused-ring (bicyclic) bond motifs is 1. The van der Waals surface area contributed by atoms with Crippen molar-refractivity contribution in [2.24, 2.45) is 0 Å². The molecule has 2 heterocycles. The number of nitrogens with one attached hydrogen (secondary N) is 1. The number of benzene rings is 2. The van der Waals surface area contributed by atoms with Crippen LogP contribution in [0, 0.1) is 0 Å². The number of hydrogen-bond donors (Lipinski definition) is 1. The van der Waals surface area contributed by atoms with Gasteiger partial charge in [0.05, 0.1) is 10.6 Å². The van der Waals surface area contributed by atoms with Crippen LogP contribution in [0.15, 0.2) is 65.1 Å². The van der Waals surface area contributed by atoms with Crippen LogP contribution in [-0.2, 0) is 11.3 Å². The van der Waals surface area contributed by atoms with E-state index in [1.165, 1.54) is 11.8 Å². The highest BCUT2D eigenvalue weighted by molar-refractivity contribution is 7.99. The maximum Gasteiger partial charge on any atom is 0.234 e. The minimum atomic E-state index is -0.0568. The molecular weight excluding hydrogens is 376 g/mol. The number of thioether (sulfide) groups is 1. The van der Waals surface area contributed by atoms with Gasteiger partial charge in [0.1, 0.15) is 0 Å². The summed E-state index contributed by atoms with van der Waals surface area (Å²) in [7, 11) is 0. The normalized spacial score (nSPS) is 11.0. The second kappa shape index (κ2) is 7.94. The molecule has 4 aromatic rings. The first-order valence-electron chi connectivity index (χ1n) is 8.63. The van der Waals surface area contributed by atoms with Gasteiger partial charge in [-0.1, -0.05) is 48.2 Å². The maximum absolute atomic E-state index is 12.4. The highest BCUT2D eigenvalue weighted by Gasteiger charge is 2.15. The Morgan fingerprint density at radius 2 is 1.96 bits per heavy atom. The first-order valence-corrected chi connectivity index (χ1v) is 10.5. The van der Waals surface area contributed by atoms with Crippen molar-refractivity contribution in [3.63, 3.8) is 0 Å². The van der Waals surface area contributed by atoms with Crippen molar-refractivity contribution < 1.29 is 4.79 Å². The number of thiophene rings is 1. The van der Waals surface area contributed by atoms with Crippen molar-refractivity contribution in [1.29, 1.82) is 0 Å². The van der Waals surface area contributed by atoms with E-state index in [9.17, 15) is 4.79 Å². The highest BCUT2D eigenvalue weighted by Crippen LogP contribution is 2.27. The molecule has 1 N–H and O–H groups in total. The molecule has 2 aromatic heterocycles. The van der Waals surface area contributed by atoms with Gasteiger partial charge in [0.25, 0.3) is 0 Å². The molecule has 0 fully saturated rings. The summed E-state index contributed by atoms with van der Waals surface area (Å²) in [6.07, 6.45) is 0. The number of hydrogen-bond acceptors (Lipinski definition) is 5. The molecular formula is C20H18N4OS2. The van der Waals surface area contributed by atoms with Crippen molar-refractivity contribution in [1.82, 2.24) is 14.8 Å². The minimum absolute atomic E-state index is 0.0568. The molecule has 0 radical (unpaired) electrons. The second-order valence-corrected chi connectivity index (χ2v) is 7.82. The summed E-state index contributed by atoms with van der Waals surface area (Å²) >= 11 is 3.04. The maximum atomic E-state index is 12.4. The van der Waals surface area contributed by atoms with Crippen LogP contribution in [0.5, 0.6) is 0 Å². The Hall–Kier alpha value is -2.64.